The molecule has 2 aromatic heterocycles. The van der Waals surface area contributed by atoms with Crippen molar-refractivity contribution in [3.8, 4) is 5.82 Å². The van der Waals surface area contributed by atoms with E-state index in [1.165, 1.54) is 18.5 Å². The maximum Gasteiger partial charge on any atom is 0.416 e. The molecular weight excluding hydrogens is 559 g/mol. The molecule has 226 valence electrons. The number of nitrogens with one attached hydrogen (secondary N) is 3. The zero-order valence-electron chi connectivity index (χ0n) is 24.2. The number of halogens is 3. The van der Waals surface area contributed by atoms with Gasteiger partial charge in [-0.1, -0.05) is 12.1 Å². The number of rotatable bonds is 9. The first-order chi connectivity index (χ1) is 20.5. The van der Waals surface area contributed by atoms with Crippen molar-refractivity contribution in [1.82, 2.24) is 29.5 Å². The predicted molar refractivity (Wildman–Crippen MR) is 160 cm³/mol. The van der Waals surface area contributed by atoms with E-state index in [9.17, 15) is 18.0 Å². The molecule has 1 fully saturated rings. The Balaban J connectivity index is 1.28. The average Bonchev–Trinajstić information content (AvgIpc) is 3.35. The first-order valence-corrected chi connectivity index (χ1v) is 14.0. The van der Waals surface area contributed by atoms with Gasteiger partial charge in [-0.15, -0.1) is 0 Å². The van der Waals surface area contributed by atoms with Crippen LogP contribution in [-0.2, 0) is 6.18 Å². The van der Waals surface area contributed by atoms with Crippen LogP contribution < -0.4 is 16.0 Å². The molecule has 0 bridgehead atoms. The van der Waals surface area contributed by atoms with Crippen LogP contribution in [0.15, 0.2) is 60.9 Å². The Hall–Kier alpha value is -4.49. The molecule has 0 unspecified atom stereocenters. The van der Waals surface area contributed by atoms with Gasteiger partial charge in [0.2, 0.25) is 0 Å². The van der Waals surface area contributed by atoms with E-state index >= 15 is 0 Å². The molecule has 0 radical (unpaired) electrons. The number of hydrogen-bond acceptors (Lipinski definition) is 8. The first-order valence-electron chi connectivity index (χ1n) is 14.0. The second-order valence-electron chi connectivity index (χ2n) is 10.6. The third-order valence-corrected chi connectivity index (χ3v) is 7.24. The van der Waals surface area contributed by atoms with Crippen LogP contribution in [0.5, 0.6) is 0 Å². The summed E-state index contributed by atoms with van der Waals surface area (Å²) in [5.41, 5.74) is 1.78. The summed E-state index contributed by atoms with van der Waals surface area (Å²) < 4.78 is 41.0. The molecule has 0 aliphatic carbocycles. The molecule has 4 aromatic rings. The van der Waals surface area contributed by atoms with E-state index in [4.69, 9.17) is 0 Å². The van der Waals surface area contributed by atoms with E-state index in [1.54, 1.807) is 16.8 Å². The number of likely N-dealkylation sites (N-methyl/N-ethyl adjacent to an activating group) is 1. The van der Waals surface area contributed by atoms with E-state index in [2.05, 4.69) is 47.9 Å². The number of amides is 1. The van der Waals surface area contributed by atoms with Crippen LogP contribution >= 0.6 is 0 Å². The topological polar surface area (TPSA) is 103 Å². The van der Waals surface area contributed by atoms with E-state index in [1.807, 2.05) is 32.0 Å². The number of aryl methyl sites for hydroxylation is 2. The van der Waals surface area contributed by atoms with E-state index in [0.717, 1.165) is 62.7 Å². The van der Waals surface area contributed by atoms with Crippen molar-refractivity contribution in [2.75, 3.05) is 62.3 Å². The van der Waals surface area contributed by atoms with Gasteiger partial charge >= 0.3 is 6.18 Å². The SMILES string of the molecule is Cc1cc(Nc2cc(NC(=O)c3cccc(C(F)(F)F)c3)ccc2C)n(-c2cc(NCCN3CCN(C)CC3)ncn2)n1. The van der Waals surface area contributed by atoms with Crippen molar-refractivity contribution in [3.63, 3.8) is 0 Å². The summed E-state index contributed by atoms with van der Waals surface area (Å²) in [5, 5.41) is 14.0. The van der Waals surface area contributed by atoms with Crippen molar-refractivity contribution >= 4 is 28.9 Å². The van der Waals surface area contributed by atoms with Gasteiger partial charge in [-0.3, -0.25) is 9.69 Å². The summed E-state index contributed by atoms with van der Waals surface area (Å²) in [7, 11) is 2.14. The predicted octanol–water partition coefficient (Wildman–Crippen LogP) is 4.95. The number of carbonyl (C=O) groups is 1. The van der Waals surface area contributed by atoms with Crippen molar-refractivity contribution < 1.29 is 18.0 Å². The number of aromatic nitrogens is 4. The van der Waals surface area contributed by atoms with E-state index < -0.39 is 17.6 Å². The van der Waals surface area contributed by atoms with Crippen molar-refractivity contribution in [2.24, 2.45) is 0 Å². The summed E-state index contributed by atoms with van der Waals surface area (Å²) in [6.45, 7) is 9.67. The van der Waals surface area contributed by atoms with Crippen LogP contribution in [0.2, 0.25) is 0 Å². The molecule has 0 saturated carbocycles. The number of alkyl halides is 3. The molecule has 0 atom stereocenters. The molecule has 1 saturated heterocycles. The molecule has 10 nitrogen and oxygen atoms in total. The number of piperazine rings is 1. The van der Waals surface area contributed by atoms with Gasteiger partial charge in [0, 0.05) is 68.3 Å². The van der Waals surface area contributed by atoms with Crippen LogP contribution in [0, 0.1) is 13.8 Å². The third kappa shape index (κ3) is 7.67. The minimum atomic E-state index is -4.54. The Morgan fingerprint density at radius 1 is 0.977 bits per heavy atom. The van der Waals surface area contributed by atoms with E-state index in [0.29, 0.717) is 28.8 Å². The number of nitrogens with zero attached hydrogens (tertiary/aromatic N) is 6. The smallest absolute Gasteiger partial charge is 0.369 e. The lowest BCUT2D eigenvalue weighted by molar-refractivity contribution is -0.137. The van der Waals surface area contributed by atoms with Gasteiger partial charge in [0.1, 0.15) is 18.0 Å². The van der Waals surface area contributed by atoms with Crippen molar-refractivity contribution in [2.45, 2.75) is 20.0 Å². The Morgan fingerprint density at radius 2 is 1.77 bits per heavy atom. The molecule has 3 N–H and O–H groups in total. The third-order valence-electron chi connectivity index (χ3n) is 7.24. The fourth-order valence-corrected chi connectivity index (χ4v) is 4.75. The molecule has 0 spiro atoms. The summed E-state index contributed by atoms with van der Waals surface area (Å²) in [6.07, 6.45) is -3.05. The number of anilines is 4. The largest absolute Gasteiger partial charge is 0.416 e. The molecular formula is C30H34F3N9O. The number of hydrogen-bond donors (Lipinski definition) is 3. The normalized spacial score (nSPS) is 14.5. The monoisotopic (exact) mass is 593 g/mol. The van der Waals surface area contributed by atoms with Crippen LogP contribution in [0.4, 0.5) is 36.2 Å². The Kier molecular flexibility index (Phi) is 8.92. The highest BCUT2D eigenvalue weighted by atomic mass is 19.4. The van der Waals surface area contributed by atoms with Crippen molar-refractivity contribution in [3.05, 3.63) is 83.3 Å². The molecule has 3 heterocycles. The molecule has 2 aromatic carbocycles. The summed E-state index contributed by atoms with van der Waals surface area (Å²) in [5.74, 6) is 1.26. The second kappa shape index (κ2) is 12.8. The first kappa shape index (κ1) is 30.0. The summed E-state index contributed by atoms with van der Waals surface area (Å²) >= 11 is 0. The van der Waals surface area contributed by atoms with Crippen LogP contribution in [-0.4, -0.2) is 81.8 Å². The fraction of sp³-hybridized carbons (Fsp3) is 0.333. The lowest BCUT2D eigenvalue weighted by Gasteiger charge is -2.32. The maximum atomic E-state index is 13.1. The highest BCUT2D eigenvalue weighted by Gasteiger charge is 2.31. The maximum absolute atomic E-state index is 13.1. The Morgan fingerprint density at radius 3 is 2.53 bits per heavy atom. The van der Waals surface area contributed by atoms with Gasteiger partial charge in [0.05, 0.1) is 11.3 Å². The van der Waals surface area contributed by atoms with Gasteiger partial charge in [-0.05, 0) is 56.8 Å². The molecule has 43 heavy (non-hydrogen) atoms. The van der Waals surface area contributed by atoms with Gasteiger partial charge < -0.3 is 20.9 Å². The quantitative estimate of drug-likeness (QED) is 0.251. The van der Waals surface area contributed by atoms with Gasteiger partial charge in [0.15, 0.2) is 5.82 Å². The van der Waals surface area contributed by atoms with Crippen LogP contribution in [0.1, 0.15) is 27.2 Å². The lowest BCUT2D eigenvalue weighted by Crippen LogP contribution is -2.45. The summed E-state index contributed by atoms with van der Waals surface area (Å²) in [4.78, 5) is 26.3. The molecule has 1 aliphatic rings. The minimum absolute atomic E-state index is 0.0877. The highest BCUT2D eigenvalue weighted by Crippen LogP contribution is 2.30. The van der Waals surface area contributed by atoms with Gasteiger partial charge in [-0.2, -0.15) is 23.0 Å². The van der Waals surface area contributed by atoms with Gasteiger partial charge in [-0.25, -0.2) is 9.97 Å². The Bertz CT molecular complexity index is 1580. The summed E-state index contributed by atoms with van der Waals surface area (Å²) in [6, 6.07) is 13.3. The minimum Gasteiger partial charge on any atom is -0.369 e. The Labute approximate surface area is 247 Å². The zero-order chi connectivity index (χ0) is 30.6. The van der Waals surface area contributed by atoms with Crippen LogP contribution in [0.3, 0.4) is 0 Å². The lowest BCUT2D eigenvalue weighted by atomic mass is 10.1. The second-order valence-corrected chi connectivity index (χ2v) is 10.6. The molecule has 1 aliphatic heterocycles. The highest BCUT2D eigenvalue weighted by molar-refractivity contribution is 6.04. The van der Waals surface area contributed by atoms with E-state index in [-0.39, 0.29) is 5.56 Å². The zero-order valence-corrected chi connectivity index (χ0v) is 24.2. The average molecular weight is 594 g/mol. The van der Waals surface area contributed by atoms with Crippen molar-refractivity contribution in [1.29, 1.82) is 0 Å². The molecule has 5 rings (SSSR count). The van der Waals surface area contributed by atoms with Gasteiger partial charge in [0.25, 0.3) is 5.91 Å². The molecule has 13 heteroatoms. The van der Waals surface area contributed by atoms with Crippen LogP contribution in [0.25, 0.3) is 5.82 Å². The number of carbonyl (C=O) groups excluding carboxylic acids is 1. The fourth-order valence-electron chi connectivity index (χ4n) is 4.75. The standard InChI is InChI=1S/C30H34F3N9O/c1-20-7-8-24(37-29(43)22-5-4-6-23(16-22)30(31,32)33)17-25(20)38-28-15-21(2)39-42(28)27-18-26(35-19-36-27)34-9-10-41-13-11-40(3)12-14-41/h4-8,15-19,38H,9-14H2,1-3H3,(H,37,43)(H,34,35,36). The number of benzene rings is 2. The molecule has 1 amide bonds.